The third kappa shape index (κ3) is 2.78. The van der Waals surface area contributed by atoms with Gasteiger partial charge in [0.15, 0.2) is 0 Å². The van der Waals surface area contributed by atoms with Crippen LogP contribution < -0.4 is 0 Å². The van der Waals surface area contributed by atoms with Crippen LogP contribution >= 0.6 is 22.9 Å². The molecular weight excluding hydrogens is 244 g/mol. The minimum Gasteiger partial charge on any atom is -0.386 e. The zero-order valence-electron chi connectivity index (χ0n) is 8.72. The van der Waals surface area contributed by atoms with Crippen molar-refractivity contribution >= 4 is 22.9 Å². The molecule has 0 aromatic carbocycles. The van der Waals surface area contributed by atoms with Crippen LogP contribution in [0.4, 0.5) is 0 Å². The quantitative estimate of drug-likeness (QED) is 0.916. The van der Waals surface area contributed by atoms with Gasteiger partial charge < -0.3 is 5.11 Å². The molecule has 0 aliphatic carbocycles. The van der Waals surface area contributed by atoms with Crippen molar-refractivity contribution in [3.05, 3.63) is 45.1 Å². The number of nitrogens with zero attached hydrogens (tertiary/aromatic N) is 2. The highest BCUT2D eigenvalue weighted by atomic mass is 35.5. The highest BCUT2D eigenvalue weighted by molar-refractivity contribution is 7.09. The molecule has 0 radical (unpaired) electrons. The van der Waals surface area contributed by atoms with E-state index in [1.54, 1.807) is 23.5 Å². The van der Waals surface area contributed by atoms with E-state index >= 15 is 0 Å². The summed E-state index contributed by atoms with van der Waals surface area (Å²) in [6.45, 7) is 1.95. The SMILES string of the molecule is Cc1nc(CC(O)c2ccc(Cl)cn2)cs1. The average molecular weight is 255 g/mol. The van der Waals surface area contributed by atoms with Crippen LogP contribution in [0.5, 0.6) is 0 Å². The fraction of sp³-hybridized carbons (Fsp3) is 0.273. The predicted molar refractivity (Wildman–Crippen MR) is 64.8 cm³/mol. The number of aryl methyl sites for hydroxylation is 1. The summed E-state index contributed by atoms with van der Waals surface area (Å²) in [6.07, 6.45) is 1.39. The van der Waals surface area contributed by atoms with Gasteiger partial charge in [-0.2, -0.15) is 0 Å². The largest absolute Gasteiger partial charge is 0.386 e. The maximum Gasteiger partial charge on any atom is 0.101 e. The number of aliphatic hydroxyl groups excluding tert-OH is 1. The Labute approximate surface area is 103 Å². The number of hydrogen-bond donors (Lipinski definition) is 1. The summed E-state index contributed by atoms with van der Waals surface area (Å²) < 4.78 is 0. The summed E-state index contributed by atoms with van der Waals surface area (Å²) in [7, 11) is 0. The number of pyridine rings is 1. The van der Waals surface area contributed by atoms with E-state index in [4.69, 9.17) is 11.6 Å². The second-order valence-corrected chi connectivity index (χ2v) is 4.98. The molecule has 84 valence electrons. The number of aliphatic hydroxyl groups is 1. The van der Waals surface area contributed by atoms with Crippen LogP contribution in [0.15, 0.2) is 23.7 Å². The predicted octanol–water partition coefficient (Wildman–Crippen LogP) is 2.78. The van der Waals surface area contributed by atoms with Gasteiger partial charge in [-0.1, -0.05) is 11.6 Å². The number of hydrogen-bond acceptors (Lipinski definition) is 4. The van der Waals surface area contributed by atoms with Gasteiger partial charge in [-0.25, -0.2) is 4.98 Å². The van der Waals surface area contributed by atoms with Gasteiger partial charge >= 0.3 is 0 Å². The van der Waals surface area contributed by atoms with E-state index < -0.39 is 6.10 Å². The summed E-state index contributed by atoms with van der Waals surface area (Å²) in [5.74, 6) is 0. The first kappa shape index (κ1) is 11.5. The van der Waals surface area contributed by atoms with Crippen molar-refractivity contribution in [3.8, 4) is 0 Å². The van der Waals surface area contributed by atoms with Crippen LogP contribution in [0.2, 0.25) is 5.02 Å². The van der Waals surface area contributed by atoms with E-state index in [1.807, 2.05) is 12.3 Å². The van der Waals surface area contributed by atoms with Crippen LogP contribution in [0.25, 0.3) is 0 Å². The zero-order chi connectivity index (χ0) is 11.5. The summed E-state index contributed by atoms with van der Waals surface area (Å²) in [5, 5.41) is 13.5. The lowest BCUT2D eigenvalue weighted by Crippen LogP contribution is -2.04. The Bertz CT molecular complexity index is 469. The minimum atomic E-state index is -0.626. The number of rotatable bonds is 3. The van der Waals surface area contributed by atoms with Gasteiger partial charge in [-0.05, 0) is 19.1 Å². The smallest absolute Gasteiger partial charge is 0.101 e. The van der Waals surface area contributed by atoms with Crippen LogP contribution in [0.3, 0.4) is 0 Å². The van der Waals surface area contributed by atoms with Crippen molar-refractivity contribution in [2.45, 2.75) is 19.4 Å². The molecule has 0 aliphatic rings. The van der Waals surface area contributed by atoms with E-state index in [-0.39, 0.29) is 0 Å². The monoisotopic (exact) mass is 254 g/mol. The van der Waals surface area contributed by atoms with Crippen molar-refractivity contribution in [2.24, 2.45) is 0 Å². The second kappa shape index (κ2) is 4.91. The molecule has 0 amide bonds. The first-order valence-corrected chi connectivity index (χ1v) is 6.11. The Morgan fingerprint density at radius 2 is 2.31 bits per heavy atom. The summed E-state index contributed by atoms with van der Waals surface area (Å²) >= 11 is 7.31. The number of aromatic nitrogens is 2. The molecule has 0 bridgehead atoms. The molecule has 2 heterocycles. The molecule has 0 aliphatic heterocycles. The number of halogens is 1. The van der Waals surface area contributed by atoms with Crippen molar-refractivity contribution in [1.29, 1.82) is 0 Å². The van der Waals surface area contributed by atoms with Crippen molar-refractivity contribution in [3.63, 3.8) is 0 Å². The summed E-state index contributed by atoms with van der Waals surface area (Å²) in [6, 6.07) is 3.45. The molecular formula is C11H11ClN2OS. The molecule has 2 rings (SSSR count). The van der Waals surface area contributed by atoms with Gasteiger partial charge in [0.1, 0.15) is 6.10 Å². The highest BCUT2D eigenvalue weighted by Gasteiger charge is 2.11. The van der Waals surface area contributed by atoms with Crippen molar-refractivity contribution < 1.29 is 5.11 Å². The van der Waals surface area contributed by atoms with E-state index in [1.165, 1.54) is 6.20 Å². The van der Waals surface area contributed by atoms with E-state index in [0.29, 0.717) is 17.1 Å². The molecule has 1 N–H and O–H groups in total. The summed E-state index contributed by atoms with van der Waals surface area (Å²) in [5.41, 5.74) is 1.52. The van der Waals surface area contributed by atoms with Crippen LogP contribution in [0, 0.1) is 6.92 Å². The topological polar surface area (TPSA) is 46.0 Å². The molecule has 0 fully saturated rings. The molecule has 0 saturated heterocycles. The van der Waals surface area contributed by atoms with Gasteiger partial charge in [0, 0.05) is 18.0 Å². The molecule has 1 atom stereocenters. The molecule has 3 nitrogen and oxygen atoms in total. The Morgan fingerprint density at radius 3 is 2.88 bits per heavy atom. The maximum atomic E-state index is 9.93. The number of thiazole rings is 1. The Kier molecular flexibility index (Phi) is 3.53. The normalized spacial score (nSPS) is 12.7. The fourth-order valence-electron chi connectivity index (χ4n) is 1.39. The standard InChI is InChI=1S/C11H11ClN2OS/c1-7-14-9(6-16-7)4-11(15)10-3-2-8(12)5-13-10/h2-3,5-6,11,15H,4H2,1H3. The Hall–Kier alpha value is -0.970. The van der Waals surface area contributed by atoms with Crippen LogP contribution in [0.1, 0.15) is 22.5 Å². The first-order valence-electron chi connectivity index (χ1n) is 4.85. The van der Waals surface area contributed by atoms with E-state index in [9.17, 15) is 5.11 Å². The van der Waals surface area contributed by atoms with Crippen LogP contribution in [-0.4, -0.2) is 15.1 Å². The van der Waals surface area contributed by atoms with Crippen molar-refractivity contribution in [1.82, 2.24) is 9.97 Å². The van der Waals surface area contributed by atoms with Crippen molar-refractivity contribution in [2.75, 3.05) is 0 Å². The van der Waals surface area contributed by atoms with Gasteiger partial charge in [0.25, 0.3) is 0 Å². The molecule has 0 spiro atoms. The molecule has 5 heteroatoms. The molecule has 2 aromatic rings. The van der Waals surface area contributed by atoms with Gasteiger partial charge in [0.2, 0.25) is 0 Å². The molecule has 0 saturated carbocycles. The Balaban J connectivity index is 2.08. The Morgan fingerprint density at radius 1 is 1.50 bits per heavy atom. The highest BCUT2D eigenvalue weighted by Crippen LogP contribution is 2.19. The van der Waals surface area contributed by atoms with Gasteiger partial charge in [-0.15, -0.1) is 11.3 Å². The van der Waals surface area contributed by atoms with Gasteiger partial charge in [0.05, 0.1) is 21.4 Å². The lowest BCUT2D eigenvalue weighted by atomic mass is 10.1. The zero-order valence-corrected chi connectivity index (χ0v) is 10.3. The van der Waals surface area contributed by atoms with E-state index in [2.05, 4.69) is 9.97 Å². The first-order chi connectivity index (χ1) is 7.65. The molecule has 2 aromatic heterocycles. The third-order valence-electron chi connectivity index (χ3n) is 2.16. The van der Waals surface area contributed by atoms with E-state index in [0.717, 1.165) is 10.7 Å². The molecule has 1 unspecified atom stereocenters. The van der Waals surface area contributed by atoms with Crippen LogP contribution in [-0.2, 0) is 6.42 Å². The lowest BCUT2D eigenvalue weighted by Gasteiger charge is -2.07. The van der Waals surface area contributed by atoms with Gasteiger partial charge in [-0.3, -0.25) is 4.98 Å². The lowest BCUT2D eigenvalue weighted by molar-refractivity contribution is 0.172. The summed E-state index contributed by atoms with van der Waals surface area (Å²) in [4.78, 5) is 8.37. The minimum absolute atomic E-state index is 0.485. The fourth-order valence-corrected chi connectivity index (χ4v) is 2.13. The molecule has 16 heavy (non-hydrogen) atoms. The average Bonchev–Trinajstić information content (AvgIpc) is 2.65. The second-order valence-electron chi connectivity index (χ2n) is 3.48. The maximum absolute atomic E-state index is 9.93. The third-order valence-corrected chi connectivity index (χ3v) is 3.21.